The van der Waals surface area contributed by atoms with Crippen LogP contribution >= 0.6 is 0 Å². The predicted octanol–water partition coefficient (Wildman–Crippen LogP) is 1.42. The van der Waals surface area contributed by atoms with Gasteiger partial charge in [0.15, 0.2) is 0 Å². The summed E-state index contributed by atoms with van der Waals surface area (Å²) in [6, 6.07) is 5.47. The van der Waals surface area contributed by atoms with Crippen molar-refractivity contribution in [3.05, 3.63) is 18.2 Å². The number of rotatable bonds is 3. The van der Waals surface area contributed by atoms with Crippen LogP contribution in [0, 0.1) is 0 Å². The zero-order valence-electron chi connectivity index (χ0n) is 10.5. The van der Waals surface area contributed by atoms with E-state index in [0.717, 1.165) is 24.4 Å². The van der Waals surface area contributed by atoms with Crippen molar-refractivity contribution in [1.82, 2.24) is 0 Å². The average molecular weight is 250 g/mol. The molecule has 1 aliphatic rings. The molecule has 2 rings (SSSR count). The zero-order valence-corrected chi connectivity index (χ0v) is 10.5. The largest absolute Gasteiger partial charge is 0.491 e. The van der Waals surface area contributed by atoms with Crippen LogP contribution in [0.2, 0.25) is 0 Å². The Balaban J connectivity index is 2.20. The van der Waals surface area contributed by atoms with Crippen molar-refractivity contribution in [2.24, 2.45) is 0 Å². The van der Waals surface area contributed by atoms with E-state index in [0.29, 0.717) is 18.9 Å². The maximum Gasteiger partial charge on any atom is 0.325 e. The van der Waals surface area contributed by atoms with Crippen LogP contribution in [-0.4, -0.2) is 32.3 Å². The van der Waals surface area contributed by atoms with Crippen LogP contribution in [0.25, 0.3) is 0 Å². The minimum Gasteiger partial charge on any atom is -0.491 e. The van der Waals surface area contributed by atoms with Crippen LogP contribution in [0.4, 0.5) is 11.4 Å². The highest BCUT2D eigenvalue weighted by Crippen LogP contribution is 2.32. The standard InChI is InChI=1S/C13H18N2O3/c1-2-17-13(16)9-15-6-3-7-18-12-5-4-10(14)8-11(12)15/h4-5,8H,2-3,6-7,9,14H2,1H3. The van der Waals surface area contributed by atoms with Crippen LogP contribution in [-0.2, 0) is 9.53 Å². The molecule has 0 aromatic heterocycles. The summed E-state index contributed by atoms with van der Waals surface area (Å²) in [4.78, 5) is 13.5. The van der Waals surface area contributed by atoms with Crippen molar-refractivity contribution in [3.8, 4) is 5.75 Å². The average Bonchev–Trinajstić information content (AvgIpc) is 2.52. The van der Waals surface area contributed by atoms with Gasteiger partial charge in [-0.25, -0.2) is 0 Å². The summed E-state index contributed by atoms with van der Waals surface area (Å²) in [6.07, 6.45) is 0.869. The van der Waals surface area contributed by atoms with Gasteiger partial charge in [-0.1, -0.05) is 0 Å². The number of carbonyl (C=O) groups is 1. The van der Waals surface area contributed by atoms with Crippen LogP contribution in [0.5, 0.6) is 5.75 Å². The highest BCUT2D eigenvalue weighted by Gasteiger charge is 2.19. The maximum atomic E-state index is 11.6. The van der Waals surface area contributed by atoms with E-state index in [1.54, 1.807) is 13.0 Å². The van der Waals surface area contributed by atoms with Gasteiger partial charge in [0.2, 0.25) is 0 Å². The fraction of sp³-hybridized carbons (Fsp3) is 0.462. The maximum absolute atomic E-state index is 11.6. The molecule has 1 aromatic carbocycles. The molecule has 0 aliphatic carbocycles. The van der Waals surface area contributed by atoms with Gasteiger partial charge in [-0.2, -0.15) is 0 Å². The van der Waals surface area contributed by atoms with Gasteiger partial charge in [0.25, 0.3) is 0 Å². The van der Waals surface area contributed by atoms with E-state index in [1.165, 1.54) is 0 Å². The second-order valence-corrected chi connectivity index (χ2v) is 4.16. The molecule has 2 N–H and O–H groups in total. The number of benzene rings is 1. The first kappa shape index (κ1) is 12.5. The Kier molecular flexibility index (Phi) is 3.92. The van der Waals surface area contributed by atoms with E-state index < -0.39 is 0 Å². The minimum absolute atomic E-state index is 0.229. The summed E-state index contributed by atoms with van der Waals surface area (Å²) in [6.45, 7) is 3.83. The van der Waals surface area contributed by atoms with E-state index in [1.807, 2.05) is 17.0 Å². The third-order valence-corrected chi connectivity index (χ3v) is 2.78. The molecule has 0 saturated carbocycles. The summed E-state index contributed by atoms with van der Waals surface area (Å²) in [5, 5.41) is 0. The smallest absolute Gasteiger partial charge is 0.325 e. The fourth-order valence-corrected chi connectivity index (χ4v) is 1.99. The van der Waals surface area contributed by atoms with Crippen LogP contribution in [0.15, 0.2) is 18.2 Å². The summed E-state index contributed by atoms with van der Waals surface area (Å²) < 4.78 is 10.6. The minimum atomic E-state index is -0.229. The number of carbonyl (C=O) groups excluding carboxylic acids is 1. The summed E-state index contributed by atoms with van der Waals surface area (Å²) in [7, 11) is 0. The molecule has 0 unspecified atom stereocenters. The highest BCUT2D eigenvalue weighted by molar-refractivity contribution is 5.78. The SMILES string of the molecule is CCOC(=O)CN1CCCOc2ccc(N)cc21. The third kappa shape index (κ3) is 2.85. The lowest BCUT2D eigenvalue weighted by atomic mass is 10.2. The molecule has 0 amide bonds. The number of hydrogen-bond acceptors (Lipinski definition) is 5. The summed E-state index contributed by atoms with van der Waals surface area (Å²) in [5.41, 5.74) is 7.31. The second-order valence-electron chi connectivity index (χ2n) is 4.16. The zero-order chi connectivity index (χ0) is 13.0. The van der Waals surface area contributed by atoms with Crippen LogP contribution in [0.1, 0.15) is 13.3 Å². The molecule has 1 heterocycles. The van der Waals surface area contributed by atoms with Crippen LogP contribution in [0.3, 0.4) is 0 Å². The molecule has 1 aromatic rings. The Morgan fingerprint density at radius 1 is 1.56 bits per heavy atom. The predicted molar refractivity (Wildman–Crippen MR) is 69.8 cm³/mol. The van der Waals surface area contributed by atoms with Gasteiger partial charge in [0.1, 0.15) is 12.3 Å². The molecule has 1 aliphatic heterocycles. The molecule has 0 bridgehead atoms. The number of esters is 1. The summed E-state index contributed by atoms with van der Waals surface area (Å²) in [5.74, 6) is 0.541. The van der Waals surface area contributed by atoms with Crippen molar-refractivity contribution in [1.29, 1.82) is 0 Å². The Bertz CT molecular complexity index is 434. The van der Waals surface area contributed by atoms with Crippen molar-refractivity contribution in [3.63, 3.8) is 0 Å². The number of nitrogens with two attached hydrogens (primary N) is 1. The molecule has 0 spiro atoms. The van der Waals surface area contributed by atoms with E-state index in [2.05, 4.69) is 0 Å². The van der Waals surface area contributed by atoms with Gasteiger partial charge < -0.3 is 20.1 Å². The molecule has 0 atom stereocenters. The fourth-order valence-electron chi connectivity index (χ4n) is 1.99. The van der Waals surface area contributed by atoms with E-state index in [-0.39, 0.29) is 12.5 Å². The number of anilines is 2. The molecular formula is C13H18N2O3. The quantitative estimate of drug-likeness (QED) is 0.649. The number of nitrogen functional groups attached to an aromatic ring is 1. The van der Waals surface area contributed by atoms with Crippen molar-refractivity contribution in [2.75, 3.05) is 36.9 Å². The van der Waals surface area contributed by atoms with Crippen molar-refractivity contribution >= 4 is 17.3 Å². The van der Waals surface area contributed by atoms with Crippen molar-refractivity contribution < 1.29 is 14.3 Å². The molecule has 5 nitrogen and oxygen atoms in total. The normalized spacial score (nSPS) is 14.4. The Morgan fingerprint density at radius 3 is 3.17 bits per heavy atom. The van der Waals surface area contributed by atoms with Gasteiger partial charge in [0.05, 0.1) is 18.9 Å². The summed E-state index contributed by atoms with van der Waals surface area (Å²) >= 11 is 0. The molecule has 0 fully saturated rings. The van der Waals surface area contributed by atoms with Gasteiger partial charge in [-0.15, -0.1) is 0 Å². The molecule has 0 radical (unpaired) electrons. The molecule has 0 saturated heterocycles. The van der Waals surface area contributed by atoms with E-state index >= 15 is 0 Å². The van der Waals surface area contributed by atoms with Gasteiger partial charge >= 0.3 is 5.97 Å². The third-order valence-electron chi connectivity index (χ3n) is 2.78. The lowest BCUT2D eigenvalue weighted by Gasteiger charge is -2.22. The first-order chi connectivity index (χ1) is 8.70. The monoisotopic (exact) mass is 250 g/mol. The number of hydrogen-bond donors (Lipinski definition) is 1. The number of fused-ring (bicyclic) bond motifs is 1. The molecular weight excluding hydrogens is 232 g/mol. The van der Waals surface area contributed by atoms with Crippen LogP contribution < -0.4 is 15.4 Å². The first-order valence-electron chi connectivity index (χ1n) is 6.13. The highest BCUT2D eigenvalue weighted by atomic mass is 16.5. The molecule has 98 valence electrons. The first-order valence-corrected chi connectivity index (χ1v) is 6.13. The molecule has 5 heteroatoms. The van der Waals surface area contributed by atoms with E-state index in [9.17, 15) is 4.79 Å². The van der Waals surface area contributed by atoms with E-state index in [4.69, 9.17) is 15.2 Å². The van der Waals surface area contributed by atoms with Gasteiger partial charge in [0, 0.05) is 12.2 Å². The van der Waals surface area contributed by atoms with Gasteiger partial charge in [-0.05, 0) is 31.5 Å². The Labute approximate surface area is 106 Å². The Morgan fingerprint density at radius 2 is 2.39 bits per heavy atom. The lowest BCUT2D eigenvalue weighted by molar-refractivity contribution is -0.141. The second kappa shape index (κ2) is 5.62. The Hall–Kier alpha value is -1.91. The van der Waals surface area contributed by atoms with Gasteiger partial charge in [-0.3, -0.25) is 4.79 Å². The number of ether oxygens (including phenoxy) is 2. The molecule has 18 heavy (non-hydrogen) atoms. The number of nitrogens with zero attached hydrogens (tertiary/aromatic N) is 1. The topological polar surface area (TPSA) is 64.8 Å². The van der Waals surface area contributed by atoms with Crippen molar-refractivity contribution in [2.45, 2.75) is 13.3 Å². The lowest BCUT2D eigenvalue weighted by Crippen LogP contribution is -2.31.